The van der Waals surface area contributed by atoms with Crippen LogP contribution in [0.4, 0.5) is 0 Å². The Hall–Kier alpha value is 0. The lowest BCUT2D eigenvalue weighted by Gasteiger charge is -2.28. The number of rotatable bonds is 1. The van der Waals surface area contributed by atoms with Crippen LogP contribution >= 0.6 is 0 Å². The van der Waals surface area contributed by atoms with Crippen LogP contribution in [0.1, 0.15) is 77.6 Å². The van der Waals surface area contributed by atoms with E-state index in [4.69, 9.17) is 0 Å². The fourth-order valence-electron chi connectivity index (χ4n) is 3.37. The van der Waals surface area contributed by atoms with Crippen LogP contribution in [-0.2, 0) is 0 Å². The Morgan fingerprint density at radius 1 is 0.733 bits per heavy atom. The topological polar surface area (TPSA) is 0 Å². The van der Waals surface area contributed by atoms with Gasteiger partial charge in [-0.2, -0.15) is 0 Å². The van der Waals surface area contributed by atoms with Crippen molar-refractivity contribution in [3.8, 4) is 0 Å². The molecule has 1 atom stereocenters. The van der Waals surface area contributed by atoms with Crippen molar-refractivity contribution in [3.05, 3.63) is 11.8 Å². The van der Waals surface area contributed by atoms with Crippen molar-refractivity contribution in [2.45, 2.75) is 77.6 Å². The minimum absolute atomic E-state index is 0.903. The molecule has 2 saturated carbocycles. The van der Waals surface area contributed by atoms with E-state index in [1.165, 1.54) is 70.6 Å². The highest BCUT2D eigenvalue weighted by molar-refractivity contribution is 5.19. The van der Waals surface area contributed by atoms with Gasteiger partial charge in [-0.3, -0.25) is 0 Å². The van der Waals surface area contributed by atoms with Gasteiger partial charge in [0.1, 0.15) is 0 Å². The Bertz CT molecular complexity index is 165. The molecule has 0 amide bonds. The van der Waals surface area contributed by atoms with Crippen molar-refractivity contribution < 1.29 is 0 Å². The Morgan fingerprint density at radius 3 is 2.07 bits per heavy atom. The van der Waals surface area contributed by atoms with Crippen molar-refractivity contribution in [2.75, 3.05) is 0 Å². The molecule has 15 heavy (non-hydrogen) atoms. The summed E-state index contributed by atoms with van der Waals surface area (Å²) in [6.45, 7) is 2.47. The fourth-order valence-corrected chi connectivity index (χ4v) is 3.37. The second-order valence-electron chi connectivity index (χ2n) is 5.54. The van der Waals surface area contributed by atoms with Gasteiger partial charge in [-0.25, -0.2) is 0 Å². The van der Waals surface area contributed by atoms with Gasteiger partial charge in [-0.1, -0.05) is 58.3 Å². The Balaban J connectivity index is 1.92. The minimum atomic E-state index is 0.903. The highest BCUT2D eigenvalue weighted by Crippen LogP contribution is 2.42. The van der Waals surface area contributed by atoms with Crippen molar-refractivity contribution in [3.63, 3.8) is 0 Å². The molecule has 0 spiro atoms. The summed E-state index contributed by atoms with van der Waals surface area (Å²) in [5.41, 5.74) is 0. The molecule has 86 valence electrons. The molecule has 0 saturated heterocycles. The third kappa shape index (κ3) is 3.23. The summed E-state index contributed by atoms with van der Waals surface area (Å²) < 4.78 is 0. The van der Waals surface area contributed by atoms with Crippen LogP contribution in [0.5, 0.6) is 0 Å². The van der Waals surface area contributed by atoms with Crippen molar-refractivity contribution in [1.29, 1.82) is 0 Å². The molecule has 2 radical (unpaired) electrons. The minimum Gasteiger partial charge on any atom is -0.0619 e. The first-order valence-corrected chi connectivity index (χ1v) is 7.08. The maximum atomic E-state index is 2.47. The van der Waals surface area contributed by atoms with Crippen LogP contribution in [0.15, 0.2) is 0 Å². The standard InChI is InChI=1S/C15H26/c1-13-9-5-4-8-12-15(13)14-10-6-2-3-7-11-14/h13H,2-12H2,1H3. The molecular weight excluding hydrogens is 180 g/mol. The summed E-state index contributed by atoms with van der Waals surface area (Å²) in [5, 5.41) is 0. The first-order valence-electron chi connectivity index (χ1n) is 7.08. The third-order valence-corrected chi connectivity index (χ3v) is 4.34. The average molecular weight is 206 g/mol. The zero-order valence-electron chi connectivity index (χ0n) is 10.4. The van der Waals surface area contributed by atoms with Crippen LogP contribution in [0.25, 0.3) is 0 Å². The molecule has 1 unspecified atom stereocenters. The SMILES string of the molecule is CC1CCCCC[C]1[C]1CCCCCC1. The summed E-state index contributed by atoms with van der Waals surface area (Å²) in [6, 6.07) is 0. The second kappa shape index (κ2) is 5.92. The van der Waals surface area contributed by atoms with E-state index in [0.717, 1.165) is 5.92 Å². The normalized spacial score (nSPS) is 32.2. The number of hydrogen-bond acceptors (Lipinski definition) is 0. The lowest BCUT2D eigenvalue weighted by Crippen LogP contribution is -2.16. The lowest BCUT2D eigenvalue weighted by molar-refractivity contribution is 0.501. The van der Waals surface area contributed by atoms with Gasteiger partial charge < -0.3 is 0 Å². The Kier molecular flexibility index (Phi) is 4.53. The first kappa shape index (κ1) is 11.5. The van der Waals surface area contributed by atoms with Crippen LogP contribution in [0.3, 0.4) is 0 Å². The first-order chi connectivity index (χ1) is 7.38. The van der Waals surface area contributed by atoms with E-state index in [9.17, 15) is 0 Å². The predicted octanol–water partition coefficient (Wildman–Crippen LogP) is 5.09. The molecule has 2 rings (SSSR count). The highest BCUT2D eigenvalue weighted by Gasteiger charge is 2.29. The summed E-state index contributed by atoms with van der Waals surface area (Å²) in [7, 11) is 0. The third-order valence-electron chi connectivity index (χ3n) is 4.34. The molecular formula is C15H26. The molecule has 0 aliphatic heterocycles. The van der Waals surface area contributed by atoms with Crippen molar-refractivity contribution in [1.82, 2.24) is 0 Å². The summed E-state index contributed by atoms with van der Waals surface area (Å²) in [6.07, 6.45) is 16.0. The zero-order valence-corrected chi connectivity index (χ0v) is 10.4. The van der Waals surface area contributed by atoms with E-state index in [1.54, 1.807) is 0 Å². The molecule has 2 aliphatic carbocycles. The van der Waals surface area contributed by atoms with E-state index >= 15 is 0 Å². The molecule has 0 aromatic rings. The molecule has 0 nitrogen and oxygen atoms in total. The summed E-state index contributed by atoms with van der Waals surface area (Å²) >= 11 is 0. The second-order valence-corrected chi connectivity index (χ2v) is 5.54. The largest absolute Gasteiger partial charge is 0.0619 e. The van der Waals surface area contributed by atoms with Crippen molar-refractivity contribution >= 4 is 0 Å². The van der Waals surface area contributed by atoms with Gasteiger partial charge in [0.05, 0.1) is 0 Å². The van der Waals surface area contributed by atoms with Gasteiger partial charge in [0.15, 0.2) is 0 Å². The van der Waals surface area contributed by atoms with Gasteiger partial charge in [0, 0.05) is 0 Å². The average Bonchev–Trinajstić information content (AvgIpc) is 2.59. The van der Waals surface area contributed by atoms with Gasteiger partial charge in [-0.05, 0) is 37.0 Å². The van der Waals surface area contributed by atoms with Gasteiger partial charge in [-0.15, -0.1) is 0 Å². The highest BCUT2D eigenvalue weighted by atomic mass is 14.3. The van der Waals surface area contributed by atoms with E-state index in [0.29, 0.717) is 0 Å². The molecule has 2 fully saturated rings. The maximum Gasteiger partial charge on any atom is -0.0145 e. The smallest absolute Gasteiger partial charge is 0.0145 e. The molecule has 0 bridgehead atoms. The quantitative estimate of drug-likeness (QED) is 0.524. The predicted molar refractivity (Wildman–Crippen MR) is 66.4 cm³/mol. The zero-order chi connectivity index (χ0) is 10.5. The maximum absolute atomic E-state index is 2.47. The molecule has 0 heterocycles. The molecule has 0 heteroatoms. The fraction of sp³-hybridized carbons (Fsp3) is 0.867. The molecule has 0 aromatic heterocycles. The Morgan fingerprint density at radius 2 is 1.33 bits per heavy atom. The summed E-state index contributed by atoms with van der Waals surface area (Å²) in [5.74, 6) is 4.66. The van der Waals surface area contributed by atoms with Crippen molar-refractivity contribution in [2.24, 2.45) is 5.92 Å². The van der Waals surface area contributed by atoms with Crippen LogP contribution in [0, 0.1) is 17.8 Å². The van der Waals surface area contributed by atoms with Gasteiger partial charge >= 0.3 is 0 Å². The van der Waals surface area contributed by atoms with Crippen LogP contribution < -0.4 is 0 Å². The van der Waals surface area contributed by atoms with E-state index in [-0.39, 0.29) is 0 Å². The van der Waals surface area contributed by atoms with Crippen LogP contribution in [-0.4, -0.2) is 0 Å². The molecule has 2 aliphatic rings. The van der Waals surface area contributed by atoms with Gasteiger partial charge in [0.25, 0.3) is 0 Å². The van der Waals surface area contributed by atoms with Crippen LogP contribution in [0.2, 0.25) is 0 Å². The van der Waals surface area contributed by atoms with E-state index in [1.807, 2.05) is 11.8 Å². The Labute approximate surface area is 95.8 Å². The van der Waals surface area contributed by atoms with E-state index < -0.39 is 0 Å². The summed E-state index contributed by atoms with van der Waals surface area (Å²) in [4.78, 5) is 0. The number of hydrogen-bond donors (Lipinski definition) is 0. The van der Waals surface area contributed by atoms with Gasteiger partial charge in [0.2, 0.25) is 0 Å². The molecule has 0 N–H and O–H groups in total. The lowest BCUT2D eigenvalue weighted by atomic mass is 9.76. The molecule has 0 aromatic carbocycles. The van der Waals surface area contributed by atoms with E-state index in [2.05, 4.69) is 6.92 Å². The monoisotopic (exact) mass is 206 g/mol.